The number of carbonyl (C=O) groups is 1. The molecule has 0 aliphatic carbocycles. The predicted molar refractivity (Wildman–Crippen MR) is 218 cm³/mol. The van der Waals surface area contributed by atoms with E-state index < -0.39 is 0 Å². The molecule has 1 radical (unpaired) electrons. The standard InChI is InChI=1S/C32H30NO2.C15H28O2.Ir/c1-18(2)15-27-19(3)28-26(34-27)12-11-23-24-13-14-33-29(31(24)35-30(23)28)21-16-20-9-7-8-10-22(20)25(17-21)32(4,5)6;1-7-14(5,8-2)12(16)11-13(17)15(6,9-3)10-4;/h7-14,17-18H,15H2,1-6H3;11,16H,7-10H2,1-6H3;/q-1;;/b;12-11-;. The summed E-state index contributed by atoms with van der Waals surface area (Å²) in [4.78, 5) is 17.0. The minimum Gasteiger partial charge on any atom is -0.512 e. The molecule has 6 heteroatoms. The number of benzene rings is 3. The number of carbonyl (C=O) groups excluding carboxylic acids is 1. The maximum atomic E-state index is 12.2. The van der Waals surface area contributed by atoms with E-state index in [-0.39, 0.29) is 47.9 Å². The molecule has 0 spiro atoms. The summed E-state index contributed by atoms with van der Waals surface area (Å²) in [6.07, 6.45) is 7.55. The average Bonchev–Trinajstić information content (AvgIpc) is 3.66. The van der Waals surface area contributed by atoms with Crippen LogP contribution in [0.2, 0.25) is 0 Å². The minimum absolute atomic E-state index is 0. The van der Waals surface area contributed by atoms with Gasteiger partial charge in [-0.2, -0.15) is 0 Å². The molecular formula is C47H58IrNO4-. The summed E-state index contributed by atoms with van der Waals surface area (Å²) < 4.78 is 12.9. The van der Waals surface area contributed by atoms with Crippen molar-refractivity contribution < 1.29 is 38.8 Å². The van der Waals surface area contributed by atoms with Gasteiger partial charge < -0.3 is 13.9 Å². The summed E-state index contributed by atoms with van der Waals surface area (Å²) in [5.74, 6) is 1.85. The number of rotatable bonds is 10. The summed E-state index contributed by atoms with van der Waals surface area (Å²) in [5, 5.41) is 15.7. The third-order valence-corrected chi connectivity index (χ3v) is 11.6. The zero-order valence-electron chi connectivity index (χ0n) is 33.8. The van der Waals surface area contributed by atoms with Gasteiger partial charge in [-0.3, -0.25) is 9.78 Å². The third kappa shape index (κ3) is 8.20. The molecule has 3 aromatic carbocycles. The first-order chi connectivity index (χ1) is 24.5. The Morgan fingerprint density at radius 2 is 1.47 bits per heavy atom. The van der Waals surface area contributed by atoms with Crippen molar-refractivity contribution in [1.82, 2.24) is 4.98 Å². The zero-order valence-corrected chi connectivity index (χ0v) is 36.2. The van der Waals surface area contributed by atoms with Crippen LogP contribution in [0.15, 0.2) is 75.4 Å². The topological polar surface area (TPSA) is 76.5 Å². The van der Waals surface area contributed by atoms with E-state index in [0.717, 1.165) is 87.4 Å². The number of hydrogen-bond acceptors (Lipinski definition) is 5. The quantitative estimate of drug-likeness (QED) is 0.0842. The fourth-order valence-electron chi connectivity index (χ4n) is 6.96. The molecule has 6 aromatic rings. The van der Waals surface area contributed by atoms with E-state index >= 15 is 0 Å². The van der Waals surface area contributed by atoms with Gasteiger partial charge in [0, 0.05) is 71.7 Å². The zero-order chi connectivity index (χ0) is 38.2. The Bertz CT molecular complexity index is 2250. The van der Waals surface area contributed by atoms with E-state index in [0.29, 0.717) is 5.92 Å². The smallest absolute Gasteiger partial charge is 0.164 e. The van der Waals surface area contributed by atoms with Crippen LogP contribution in [0.25, 0.3) is 54.9 Å². The van der Waals surface area contributed by atoms with E-state index in [1.54, 1.807) is 0 Å². The van der Waals surface area contributed by atoms with Gasteiger partial charge in [-0.25, -0.2) is 0 Å². The number of aromatic nitrogens is 1. The van der Waals surface area contributed by atoms with Gasteiger partial charge in [0.15, 0.2) is 5.78 Å². The van der Waals surface area contributed by atoms with Crippen molar-refractivity contribution in [3.8, 4) is 11.3 Å². The van der Waals surface area contributed by atoms with Gasteiger partial charge in [-0.1, -0.05) is 105 Å². The summed E-state index contributed by atoms with van der Waals surface area (Å²) >= 11 is 0. The number of allylic oxidation sites excluding steroid dienone is 2. The predicted octanol–water partition coefficient (Wildman–Crippen LogP) is 13.8. The van der Waals surface area contributed by atoms with E-state index in [4.69, 9.17) is 13.8 Å². The van der Waals surface area contributed by atoms with Gasteiger partial charge in [0.05, 0.1) is 5.39 Å². The summed E-state index contributed by atoms with van der Waals surface area (Å²) in [5.41, 5.74) is 6.17. The second kappa shape index (κ2) is 16.3. The van der Waals surface area contributed by atoms with E-state index in [1.807, 2.05) is 53.8 Å². The van der Waals surface area contributed by atoms with Crippen molar-refractivity contribution in [3.05, 3.63) is 89.5 Å². The summed E-state index contributed by atoms with van der Waals surface area (Å²) in [6, 6.07) is 20.6. The second-order valence-electron chi connectivity index (χ2n) is 16.5. The fraction of sp³-hybridized carbons (Fsp3) is 0.447. The van der Waals surface area contributed by atoms with Crippen molar-refractivity contribution in [3.63, 3.8) is 0 Å². The molecule has 0 saturated carbocycles. The Hall–Kier alpha value is -3.73. The number of pyridine rings is 1. The Kier molecular flexibility index (Phi) is 12.9. The van der Waals surface area contributed by atoms with E-state index in [1.165, 1.54) is 22.6 Å². The SMILES string of the molecule is CCC(C)(CC)C(=O)/C=C(\O)C(C)(CC)CC.Cc1c(CC(C)C)oc2ccc3c4ccnc(-c5[c-]c6ccccc6c(C(C)(C)C)c5)c4oc3c12.[Ir]. The van der Waals surface area contributed by atoms with Crippen molar-refractivity contribution in [1.29, 1.82) is 0 Å². The van der Waals surface area contributed by atoms with Gasteiger partial charge in [-0.15, -0.1) is 29.1 Å². The summed E-state index contributed by atoms with van der Waals surface area (Å²) in [6.45, 7) is 25.4. The number of furan rings is 2. The van der Waals surface area contributed by atoms with Gasteiger partial charge >= 0.3 is 0 Å². The molecule has 0 saturated heterocycles. The third-order valence-electron chi connectivity index (χ3n) is 11.6. The van der Waals surface area contributed by atoms with Crippen LogP contribution in [-0.4, -0.2) is 15.9 Å². The molecule has 0 bridgehead atoms. The maximum Gasteiger partial charge on any atom is 0.164 e. The number of nitrogens with zero attached hydrogens (tertiary/aromatic N) is 1. The molecule has 6 rings (SSSR count). The van der Waals surface area contributed by atoms with Crippen molar-refractivity contribution in [2.45, 2.75) is 121 Å². The van der Waals surface area contributed by atoms with Gasteiger partial charge in [0.25, 0.3) is 0 Å². The number of hydrogen-bond donors (Lipinski definition) is 1. The Morgan fingerprint density at radius 1 is 0.849 bits per heavy atom. The molecule has 3 heterocycles. The van der Waals surface area contributed by atoms with Crippen LogP contribution in [0, 0.1) is 29.7 Å². The first-order valence-electron chi connectivity index (χ1n) is 19.1. The number of aryl methyl sites for hydroxylation is 1. The van der Waals surface area contributed by atoms with Crippen molar-refractivity contribution in [2.24, 2.45) is 16.7 Å². The van der Waals surface area contributed by atoms with Gasteiger partial charge in [0.1, 0.15) is 28.3 Å². The molecule has 0 aliphatic heterocycles. The molecule has 0 amide bonds. The Labute approximate surface area is 330 Å². The molecule has 5 nitrogen and oxygen atoms in total. The largest absolute Gasteiger partial charge is 0.512 e. The van der Waals surface area contributed by atoms with Crippen LogP contribution < -0.4 is 0 Å². The Balaban J connectivity index is 0.000000299. The number of ketones is 1. The van der Waals surface area contributed by atoms with E-state index in [9.17, 15) is 9.90 Å². The van der Waals surface area contributed by atoms with Crippen LogP contribution in [0.4, 0.5) is 0 Å². The summed E-state index contributed by atoms with van der Waals surface area (Å²) in [7, 11) is 0. The first kappa shape index (κ1) is 42.0. The van der Waals surface area contributed by atoms with Crippen molar-refractivity contribution in [2.75, 3.05) is 0 Å². The fourth-order valence-corrected chi connectivity index (χ4v) is 6.96. The molecule has 0 unspecified atom stereocenters. The monoisotopic (exact) mass is 893 g/mol. The molecule has 0 aliphatic rings. The average molecular weight is 893 g/mol. The molecular weight excluding hydrogens is 835 g/mol. The maximum absolute atomic E-state index is 12.2. The van der Waals surface area contributed by atoms with Gasteiger partial charge in [0.2, 0.25) is 0 Å². The first-order valence-corrected chi connectivity index (χ1v) is 19.1. The minimum atomic E-state index is -0.337. The molecule has 53 heavy (non-hydrogen) atoms. The van der Waals surface area contributed by atoms with Crippen LogP contribution >= 0.6 is 0 Å². The van der Waals surface area contributed by atoms with Gasteiger partial charge in [-0.05, 0) is 62.1 Å². The van der Waals surface area contributed by atoms with Crippen LogP contribution in [0.5, 0.6) is 0 Å². The van der Waals surface area contributed by atoms with Crippen LogP contribution in [0.1, 0.15) is 119 Å². The number of aliphatic hydroxyl groups is 1. The van der Waals surface area contributed by atoms with Crippen LogP contribution in [0.3, 0.4) is 0 Å². The Morgan fingerprint density at radius 3 is 2.08 bits per heavy atom. The number of fused-ring (bicyclic) bond motifs is 6. The second-order valence-corrected chi connectivity index (χ2v) is 16.5. The van der Waals surface area contributed by atoms with E-state index in [2.05, 4.69) is 90.1 Å². The molecule has 0 fully saturated rings. The molecule has 3 aromatic heterocycles. The van der Waals surface area contributed by atoms with Crippen molar-refractivity contribution >= 4 is 49.5 Å². The molecule has 285 valence electrons. The normalized spacial score (nSPS) is 12.8. The molecule has 1 N–H and O–H groups in total. The number of aliphatic hydroxyl groups excluding tert-OH is 1. The molecule has 0 atom stereocenters. The van der Waals surface area contributed by atoms with Crippen LogP contribution in [-0.2, 0) is 36.7 Å².